The molecule has 3 aromatic carbocycles. The molecule has 1 heterocycles. The molecule has 1 aliphatic carbocycles. The molecule has 1 aromatic heterocycles. The van der Waals surface area contributed by atoms with E-state index in [0.717, 1.165) is 27.9 Å². The molecule has 182 valence electrons. The van der Waals surface area contributed by atoms with Crippen LogP contribution in [-0.4, -0.2) is 32.2 Å². The standard InChI is InChI=1S/C28H26N4O4/c1-18-25(29-27(35)36-19(2)20-6-4-3-5-7-20)30-31-32(18)24-14-10-22(11-15-24)21-8-12-23(13-9-21)28(16-17-28)26(33)34/h3-15,19H,16-17H2,1-2H3,(H,29,35)(H,33,34)/t19-/m1/s1. The Morgan fingerprint density at radius 3 is 2.17 bits per heavy atom. The number of nitrogens with zero attached hydrogens (tertiary/aromatic N) is 3. The van der Waals surface area contributed by atoms with Gasteiger partial charge in [-0.05, 0) is 61.1 Å². The van der Waals surface area contributed by atoms with Crippen LogP contribution in [0.1, 0.15) is 42.7 Å². The van der Waals surface area contributed by atoms with E-state index in [1.807, 2.05) is 92.7 Å². The highest BCUT2D eigenvalue weighted by Gasteiger charge is 2.51. The maximum atomic E-state index is 12.4. The molecule has 0 spiro atoms. The van der Waals surface area contributed by atoms with Gasteiger partial charge >= 0.3 is 12.1 Å². The summed E-state index contributed by atoms with van der Waals surface area (Å²) in [6, 6.07) is 25.0. The van der Waals surface area contributed by atoms with Crippen LogP contribution in [0.3, 0.4) is 0 Å². The summed E-state index contributed by atoms with van der Waals surface area (Å²) < 4.78 is 7.11. The smallest absolute Gasteiger partial charge is 0.413 e. The first-order chi connectivity index (χ1) is 17.4. The Kier molecular flexibility index (Phi) is 6.01. The van der Waals surface area contributed by atoms with Gasteiger partial charge in [-0.25, -0.2) is 9.48 Å². The maximum absolute atomic E-state index is 12.4. The molecule has 0 bridgehead atoms. The van der Waals surface area contributed by atoms with E-state index in [9.17, 15) is 14.7 Å². The van der Waals surface area contributed by atoms with Crippen molar-refractivity contribution >= 4 is 17.9 Å². The highest BCUT2D eigenvalue weighted by atomic mass is 16.6. The molecule has 1 aliphatic rings. The molecule has 0 saturated heterocycles. The van der Waals surface area contributed by atoms with Crippen LogP contribution in [0.25, 0.3) is 16.8 Å². The SMILES string of the molecule is Cc1c(NC(=O)O[C@H](C)c2ccccc2)nnn1-c1ccc(-c2ccc(C3(C(=O)O)CC3)cc2)cc1. The summed E-state index contributed by atoms with van der Waals surface area (Å²) in [6.07, 6.45) is 0.376. The first-order valence-corrected chi connectivity index (χ1v) is 11.8. The summed E-state index contributed by atoms with van der Waals surface area (Å²) in [5.41, 5.74) is 4.51. The molecular formula is C28H26N4O4. The van der Waals surface area contributed by atoms with Gasteiger partial charge in [0.1, 0.15) is 6.10 Å². The number of hydrogen-bond acceptors (Lipinski definition) is 5. The number of carbonyl (C=O) groups is 2. The second-order valence-electron chi connectivity index (χ2n) is 9.03. The van der Waals surface area contributed by atoms with Crippen molar-refractivity contribution in [2.45, 2.75) is 38.2 Å². The zero-order chi connectivity index (χ0) is 25.3. The fourth-order valence-electron chi connectivity index (χ4n) is 4.30. The predicted molar refractivity (Wildman–Crippen MR) is 135 cm³/mol. The first kappa shape index (κ1) is 23.3. The van der Waals surface area contributed by atoms with Crippen LogP contribution < -0.4 is 5.32 Å². The van der Waals surface area contributed by atoms with Gasteiger partial charge in [-0.1, -0.05) is 71.9 Å². The molecule has 1 saturated carbocycles. The Labute approximate surface area is 208 Å². The summed E-state index contributed by atoms with van der Waals surface area (Å²) in [6.45, 7) is 3.63. The number of benzene rings is 3. The lowest BCUT2D eigenvalue weighted by atomic mass is 9.94. The van der Waals surface area contributed by atoms with Crippen molar-refractivity contribution in [1.29, 1.82) is 0 Å². The Morgan fingerprint density at radius 1 is 0.972 bits per heavy atom. The number of aliphatic carboxylic acids is 1. The van der Waals surface area contributed by atoms with E-state index in [1.165, 1.54) is 0 Å². The number of ether oxygens (including phenoxy) is 1. The van der Waals surface area contributed by atoms with Crippen molar-refractivity contribution in [3.8, 4) is 16.8 Å². The van der Waals surface area contributed by atoms with Gasteiger partial charge in [0.05, 0.1) is 16.8 Å². The molecule has 2 N–H and O–H groups in total. The topological polar surface area (TPSA) is 106 Å². The van der Waals surface area contributed by atoms with E-state index in [0.29, 0.717) is 24.4 Å². The molecule has 5 rings (SSSR count). The lowest BCUT2D eigenvalue weighted by Gasteiger charge is -2.13. The first-order valence-electron chi connectivity index (χ1n) is 11.8. The largest absolute Gasteiger partial charge is 0.481 e. The Balaban J connectivity index is 1.26. The maximum Gasteiger partial charge on any atom is 0.413 e. The number of rotatable bonds is 7. The van der Waals surface area contributed by atoms with Crippen molar-refractivity contribution in [3.05, 3.63) is 95.7 Å². The second kappa shape index (κ2) is 9.30. The van der Waals surface area contributed by atoms with Crippen molar-refractivity contribution in [2.75, 3.05) is 5.32 Å². The van der Waals surface area contributed by atoms with Gasteiger partial charge in [-0.2, -0.15) is 0 Å². The van der Waals surface area contributed by atoms with Crippen molar-refractivity contribution in [1.82, 2.24) is 15.0 Å². The quantitative estimate of drug-likeness (QED) is 0.352. The summed E-state index contributed by atoms with van der Waals surface area (Å²) in [5.74, 6) is -0.428. The van der Waals surface area contributed by atoms with Gasteiger partial charge in [-0.3, -0.25) is 10.1 Å². The summed E-state index contributed by atoms with van der Waals surface area (Å²) in [7, 11) is 0. The second-order valence-corrected chi connectivity index (χ2v) is 9.03. The molecule has 36 heavy (non-hydrogen) atoms. The zero-order valence-corrected chi connectivity index (χ0v) is 20.0. The van der Waals surface area contributed by atoms with Gasteiger partial charge in [0.25, 0.3) is 0 Å². The summed E-state index contributed by atoms with van der Waals surface area (Å²) >= 11 is 0. The number of carboxylic acid groups (broad SMARTS) is 1. The van der Waals surface area contributed by atoms with Gasteiger partial charge in [0.15, 0.2) is 5.82 Å². The molecule has 1 fully saturated rings. The average molecular weight is 483 g/mol. The van der Waals surface area contributed by atoms with Crippen LogP contribution in [-0.2, 0) is 14.9 Å². The number of aromatic nitrogens is 3. The molecule has 1 amide bonds. The summed E-state index contributed by atoms with van der Waals surface area (Å²) in [5, 5.41) is 20.4. The lowest BCUT2D eigenvalue weighted by Crippen LogP contribution is -2.19. The van der Waals surface area contributed by atoms with E-state index < -0.39 is 23.6 Å². The molecule has 1 atom stereocenters. The van der Waals surface area contributed by atoms with E-state index in [1.54, 1.807) is 4.68 Å². The van der Waals surface area contributed by atoms with Crippen molar-refractivity contribution in [2.24, 2.45) is 0 Å². The molecule has 8 heteroatoms. The van der Waals surface area contributed by atoms with E-state index in [4.69, 9.17) is 4.74 Å². The lowest BCUT2D eigenvalue weighted by molar-refractivity contribution is -0.140. The Hall–Kier alpha value is -4.46. The molecule has 0 aliphatic heterocycles. The minimum absolute atomic E-state index is 0.326. The van der Waals surface area contributed by atoms with E-state index in [2.05, 4.69) is 15.6 Å². The van der Waals surface area contributed by atoms with Crippen LogP contribution in [0.5, 0.6) is 0 Å². The highest BCUT2D eigenvalue weighted by Crippen LogP contribution is 2.48. The van der Waals surface area contributed by atoms with Crippen LogP contribution in [0.4, 0.5) is 10.6 Å². The third-order valence-electron chi connectivity index (χ3n) is 6.71. The van der Waals surface area contributed by atoms with Gasteiger partial charge in [-0.15, -0.1) is 5.10 Å². The third-order valence-corrected chi connectivity index (χ3v) is 6.71. The minimum atomic E-state index is -0.754. The number of carboxylic acids is 1. The molecule has 4 aromatic rings. The monoisotopic (exact) mass is 482 g/mol. The van der Waals surface area contributed by atoms with E-state index >= 15 is 0 Å². The van der Waals surface area contributed by atoms with Gasteiger partial charge < -0.3 is 9.84 Å². The Morgan fingerprint density at radius 2 is 1.58 bits per heavy atom. The number of carbonyl (C=O) groups excluding carboxylic acids is 1. The van der Waals surface area contributed by atoms with Crippen molar-refractivity contribution in [3.63, 3.8) is 0 Å². The highest BCUT2D eigenvalue weighted by molar-refractivity contribution is 5.85. The van der Waals surface area contributed by atoms with Crippen LogP contribution in [0.2, 0.25) is 0 Å². The third kappa shape index (κ3) is 4.45. The number of amides is 1. The van der Waals surface area contributed by atoms with Gasteiger partial charge in [0.2, 0.25) is 0 Å². The normalized spacial score (nSPS) is 14.6. The van der Waals surface area contributed by atoms with Gasteiger partial charge in [0, 0.05) is 0 Å². The predicted octanol–water partition coefficient (Wildman–Crippen LogP) is 5.67. The number of nitrogens with one attached hydrogen (secondary N) is 1. The Bertz CT molecular complexity index is 1390. The van der Waals surface area contributed by atoms with Crippen LogP contribution in [0, 0.1) is 6.92 Å². The fraction of sp³-hybridized carbons (Fsp3) is 0.214. The molecule has 0 unspecified atom stereocenters. The zero-order valence-electron chi connectivity index (χ0n) is 20.0. The van der Waals surface area contributed by atoms with Crippen LogP contribution >= 0.6 is 0 Å². The molecule has 8 nitrogen and oxygen atoms in total. The molecular weight excluding hydrogens is 456 g/mol. The number of anilines is 1. The fourth-order valence-corrected chi connectivity index (χ4v) is 4.30. The van der Waals surface area contributed by atoms with Crippen LogP contribution in [0.15, 0.2) is 78.9 Å². The average Bonchev–Trinajstić information content (AvgIpc) is 3.64. The number of hydrogen-bond donors (Lipinski definition) is 2. The van der Waals surface area contributed by atoms with E-state index in [-0.39, 0.29) is 0 Å². The molecule has 0 radical (unpaired) electrons. The summed E-state index contributed by atoms with van der Waals surface area (Å²) in [4.78, 5) is 23.9. The minimum Gasteiger partial charge on any atom is -0.481 e. The van der Waals surface area contributed by atoms with Crippen molar-refractivity contribution < 1.29 is 19.4 Å².